The number of rotatable bonds is 2. The molecule has 2 saturated heterocycles. The Morgan fingerprint density at radius 2 is 1.13 bits per heavy atom. The number of nitrogens with one attached hydrogen (secondary N) is 2. The predicted octanol–water partition coefficient (Wildman–Crippen LogP) is 6.18. The van der Waals surface area contributed by atoms with Gasteiger partial charge in [-0.15, -0.1) is 0 Å². The summed E-state index contributed by atoms with van der Waals surface area (Å²) in [6, 6.07) is 13.7. The van der Waals surface area contributed by atoms with Crippen molar-refractivity contribution < 1.29 is 9.59 Å². The summed E-state index contributed by atoms with van der Waals surface area (Å²) in [4.78, 5) is 23.2. The first-order valence-electron chi connectivity index (χ1n) is 14.5. The van der Waals surface area contributed by atoms with Gasteiger partial charge in [0.25, 0.3) is 0 Å². The highest BCUT2D eigenvalue weighted by Crippen LogP contribution is 2.54. The Labute approximate surface area is 229 Å². The monoisotopic (exact) mass is 514 g/mol. The normalized spacial score (nSPS) is 31.7. The zero-order chi connectivity index (χ0) is 27.7. The van der Waals surface area contributed by atoms with Gasteiger partial charge >= 0.3 is 0 Å². The number of hydrogen-bond donors (Lipinski definition) is 2. The molecule has 0 radical (unpaired) electrons. The Bertz CT molecular complexity index is 1290. The largest absolute Gasteiger partial charge is 0.313 e. The molecular weight excluding hydrogens is 468 g/mol. The molecule has 0 unspecified atom stereocenters. The summed E-state index contributed by atoms with van der Waals surface area (Å²) in [6.45, 7) is 19.7. The topological polar surface area (TPSA) is 58.2 Å². The van der Waals surface area contributed by atoms with Crippen LogP contribution in [0.3, 0.4) is 0 Å². The molecule has 0 aromatic heterocycles. The fraction of sp³-hybridized carbons (Fsp3) is 0.588. The van der Waals surface area contributed by atoms with Crippen molar-refractivity contribution >= 4 is 11.6 Å². The molecule has 2 aliphatic carbocycles. The molecule has 2 aromatic carbocycles. The summed E-state index contributed by atoms with van der Waals surface area (Å²) in [5.74, 6) is 0.330. The Hall–Kier alpha value is -2.30. The van der Waals surface area contributed by atoms with Crippen LogP contribution in [0.4, 0.5) is 0 Å². The van der Waals surface area contributed by atoms with E-state index in [0.717, 1.165) is 43.5 Å². The van der Waals surface area contributed by atoms with Gasteiger partial charge in [0.2, 0.25) is 0 Å². The number of ketones is 2. The maximum Gasteiger partial charge on any atom is 0.159 e. The molecule has 4 heteroatoms. The van der Waals surface area contributed by atoms with E-state index < -0.39 is 0 Å². The maximum atomic E-state index is 11.7. The van der Waals surface area contributed by atoms with E-state index in [-0.39, 0.29) is 33.2 Å². The van der Waals surface area contributed by atoms with Crippen LogP contribution in [0.1, 0.15) is 111 Å². The second-order valence-electron chi connectivity index (χ2n) is 13.9. The quantitative estimate of drug-likeness (QED) is 0.470. The van der Waals surface area contributed by atoms with Crippen molar-refractivity contribution in [3.8, 4) is 0 Å². The van der Waals surface area contributed by atoms with E-state index in [1.807, 2.05) is 12.1 Å². The lowest BCUT2D eigenvalue weighted by Crippen LogP contribution is -2.62. The van der Waals surface area contributed by atoms with Gasteiger partial charge < -0.3 is 10.6 Å². The van der Waals surface area contributed by atoms with Crippen LogP contribution in [0.2, 0.25) is 0 Å². The van der Waals surface area contributed by atoms with E-state index >= 15 is 0 Å². The minimum Gasteiger partial charge on any atom is -0.313 e. The molecule has 0 amide bonds. The maximum absolute atomic E-state index is 11.7. The SMILES string of the molecule is CC(=O)c1ccc2c(c1)C[C@H]1NCC[C@]2(C)C1(C)C.CC(=O)c1ccc2c(c1)[C@]1(C)CCN[C@H](C2)C1(C)C. The van der Waals surface area contributed by atoms with Crippen molar-refractivity contribution in [2.45, 2.75) is 104 Å². The predicted molar refractivity (Wildman–Crippen MR) is 155 cm³/mol. The van der Waals surface area contributed by atoms with Gasteiger partial charge in [-0.05, 0) is 97.8 Å². The zero-order valence-electron chi connectivity index (χ0n) is 24.7. The Kier molecular flexibility index (Phi) is 6.55. The van der Waals surface area contributed by atoms with Gasteiger partial charge in [0.15, 0.2) is 11.6 Å². The van der Waals surface area contributed by atoms with Crippen LogP contribution in [-0.2, 0) is 23.7 Å². The molecule has 0 saturated carbocycles. The molecule has 2 aliphatic heterocycles. The lowest BCUT2D eigenvalue weighted by atomic mass is 9.51. The number of Topliss-reactive ketones (excluding diaryl/α,β-unsaturated/α-hetero) is 2. The van der Waals surface area contributed by atoms with Gasteiger partial charge in [-0.2, -0.15) is 0 Å². The first-order valence-corrected chi connectivity index (χ1v) is 14.5. The summed E-state index contributed by atoms with van der Waals surface area (Å²) >= 11 is 0. The average molecular weight is 515 g/mol. The van der Waals surface area contributed by atoms with Crippen LogP contribution in [0, 0.1) is 10.8 Å². The van der Waals surface area contributed by atoms with Crippen molar-refractivity contribution in [2.24, 2.45) is 10.8 Å². The van der Waals surface area contributed by atoms with E-state index in [0.29, 0.717) is 12.1 Å². The Morgan fingerprint density at radius 3 is 1.68 bits per heavy atom. The fourth-order valence-corrected chi connectivity index (χ4v) is 7.98. The molecule has 2 N–H and O–H groups in total. The second-order valence-corrected chi connectivity index (χ2v) is 13.9. The summed E-state index contributed by atoms with van der Waals surface area (Å²) in [5, 5.41) is 7.35. The average Bonchev–Trinajstić information content (AvgIpc) is 2.83. The van der Waals surface area contributed by atoms with E-state index in [1.54, 1.807) is 13.8 Å². The number of benzene rings is 2. The highest BCUT2D eigenvalue weighted by Gasteiger charge is 2.54. The number of hydrogen-bond acceptors (Lipinski definition) is 4. The molecule has 2 heterocycles. The van der Waals surface area contributed by atoms with Crippen LogP contribution < -0.4 is 10.6 Å². The van der Waals surface area contributed by atoms with E-state index in [9.17, 15) is 9.59 Å². The fourth-order valence-electron chi connectivity index (χ4n) is 7.98. The minimum absolute atomic E-state index is 0.163. The van der Waals surface area contributed by atoms with Crippen molar-refractivity contribution in [2.75, 3.05) is 13.1 Å². The van der Waals surface area contributed by atoms with E-state index in [4.69, 9.17) is 0 Å². The van der Waals surface area contributed by atoms with Gasteiger partial charge in [-0.1, -0.05) is 65.8 Å². The molecule has 4 aliphatic rings. The third kappa shape index (κ3) is 3.93. The smallest absolute Gasteiger partial charge is 0.159 e. The minimum atomic E-state index is 0.163. The second kappa shape index (κ2) is 9.13. The lowest BCUT2D eigenvalue weighted by Gasteiger charge is -2.57. The number of fused-ring (bicyclic) bond motifs is 8. The molecule has 4 atom stereocenters. The van der Waals surface area contributed by atoms with Crippen LogP contribution in [0.5, 0.6) is 0 Å². The van der Waals surface area contributed by atoms with Gasteiger partial charge in [0.1, 0.15) is 0 Å². The molecule has 38 heavy (non-hydrogen) atoms. The van der Waals surface area contributed by atoms with Gasteiger partial charge in [0, 0.05) is 34.0 Å². The first kappa shape index (κ1) is 27.3. The first-order chi connectivity index (χ1) is 17.7. The number of carbonyl (C=O) groups is 2. The lowest BCUT2D eigenvalue weighted by molar-refractivity contribution is 0.0558. The molecule has 0 spiro atoms. The van der Waals surface area contributed by atoms with Crippen LogP contribution in [0.25, 0.3) is 0 Å². The summed E-state index contributed by atoms with van der Waals surface area (Å²) < 4.78 is 0. The van der Waals surface area contributed by atoms with Crippen LogP contribution in [-0.4, -0.2) is 36.7 Å². The van der Waals surface area contributed by atoms with Gasteiger partial charge in [-0.3, -0.25) is 9.59 Å². The standard InChI is InChI=1S/2C17H23NO/c1-11(19)12-5-6-14-13(9-12)10-15-16(2,3)17(14,4)7-8-18-15;1-11(19)12-5-6-13-10-15-16(2,3)17(4,7-8-18-15)14(13)9-12/h2*5-6,9,15,18H,7-8,10H2,1-4H3/t2*15-,17+/m11/s1. The van der Waals surface area contributed by atoms with Crippen molar-refractivity contribution in [3.63, 3.8) is 0 Å². The van der Waals surface area contributed by atoms with E-state index in [2.05, 4.69) is 76.4 Å². The molecule has 204 valence electrons. The summed E-state index contributed by atoms with van der Waals surface area (Å²) in [7, 11) is 0. The number of piperidine rings is 2. The number of carbonyl (C=O) groups excluding carboxylic acids is 2. The Morgan fingerprint density at radius 1 is 0.658 bits per heavy atom. The van der Waals surface area contributed by atoms with Gasteiger partial charge in [0.05, 0.1) is 0 Å². The van der Waals surface area contributed by atoms with Crippen LogP contribution >= 0.6 is 0 Å². The van der Waals surface area contributed by atoms with Gasteiger partial charge in [-0.25, -0.2) is 0 Å². The third-order valence-electron chi connectivity index (χ3n) is 11.7. The molecule has 2 fully saturated rings. The molecule has 2 aromatic rings. The zero-order valence-corrected chi connectivity index (χ0v) is 24.7. The van der Waals surface area contributed by atoms with Crippen molar-refractivity contribution in [1.82, 2.24) is 10.6 Å². The van der Waals surface area contributed by atoms with Crippen molar-refractivity contribution in [1.29, 1.82) is 0 Å². The molecular formula is C34H46N2O2. The Balaban J connectivity index is 0.000000155. The summed E-state index contributed by atoms with van der Waals surface area (Å²) in [6.07, 6.45) is 4.43. The third-order valence-corrected chi connectivity index (χ3v) is 11.7. The van der Waals surface area contributed by atoms with Crippen LogP contribution in [0.15, 0.2) is 36.4 Å². The van der Waals surface area contributed by atoms with E-state index in [1.165, 1.54) is 28.7 Å². The molecule has 6 rings (SSSR count). The molecule has 4 bridgehead atoms. The highest BCUT2D eigenvalue weighted by atomic mass is 16.1. The highest BCUT2D eigenvalue weighted by molar-refractivity contribution is 5.95. The summed E-state index contributed by atoms with van der Waals surface area (Å²) in [5.41, 5.74) is 8.23. The molecule has 4 nitrogen and oxygen atoms in total. The van der Waals surface area contributed by atoms with Crippen molar-refractivity contribution in [3.05, 3.63) is 69.8 Å².